The molecule has 2 amide bonds. The summed E-state index contributed by atoms with van der Waals surface area (Å²) in [4.78, 5) is 30.6. The van der Waals surface area contributed by atoms with Crippen LogP contribution in [0.4, 0.5) is 11.4 Å². The van der Waals surface area contributed by atoms with E-state index in [0.29, 0.717) is 42.5 Å². The SMILES string of the molecule is O=C(CCSC(=S)N1CCOCC1)Nc1cccc(NC(=O)c2ccccn2)c1. The Morgan fingerprint density at radius 2 is 1.86 bits per heavy atom. The van der Waals surface area contributed by atoms with Crippen molar-refractivity contribution in [2.45, 2.75) is 6.42 Å². The molecule has 3 rings (SSSR count). The smallest absolute Gasteiger partial charge is 0.274 e. The molecular weight excluding hydrogens is 408 g/mol. The maximum atomic E-state index is 12.2. The molecule has 9 heteroatoms. The van der Waals surface area contributed by atoms with Gasteiger partial charge in [0.1, 0.15) is 10.0 Å². The number of ether oxygens (including phenoxy) is 1. The summed E-state index contributed by atoms with van der Waals surface area (Å²) in [6.07, 6.45) is 1.91. The van der Waals surface area contributed by atoms with Gasteiger partial charge in [-0.1, -0.05) is 36.1 Å². The summed E-state index contributed by atoms with van der Waals surface area (Å²) < 4.78 is 6.12. The van der Waals surface area contributed by atoms with E-state index in [0.717, 1.165) is 17.4 Å². The van der Waals surface area contributed by atoms with E-state index < -0.39 is 0 Å². The fourth-order valence-electron chi connectivity index (χ4n) is 2.66. The minimum absolute atomic E-state index is 0.101. The number of carbonyl (C=O) groups excluding carboxylic acids is 2. The van der Waals surface area contributed by atoms with Crippen LogP contribution in [0.2, 0.25) is 0 Å². The van der Waals surface area contributed by atoms with Gasteiger partial charge in [0, 0.05) is 42.8 Å². The minimum atomic E-state index is -0.304. The fraction of sp³-hybridized carbons (Fsp3) is 0.300. The van der Waals surface area contributed by atoms with Crippen molar-refractivity contribution in [3.63, 3.8) is 0 Å². The van der Waals surface area contributed by atoms with Crippen LogP contribution in [0, 0.1) is 0 Å². The molecule has 1 aliphatic rings. The molecule has 29 heavy (non-hydrogen) atoms. The quantitative estimate of drug-likeness (QED) is 0.682. The number of rotatable bonds is 6. The zero-order chi connectivity index (χ0) is 20.5. The maximum Gasteiger partial charge on any atom is 0.274 e. The molecule has 1 saturated heterocycles. The molecule has 1 aliphatic heterocycles. The Bertz CT molecular complexity index is 858. The average molecular weight is 431 g/mol. The summed E-state index contributed by atoms with van der Waals surface area (Å²) >= 11 is 6.92. The van der Waals surface area contributed by atoms with E-state index in [1.807, 2.05) is 0 Å². The molecule has 0 aliphatic carbocycles. The van der Waals surface area contributed by atoms with Gasteiger partial charge in [-0.25, -0.2) is 0 Å². The van der Waals surface area contributed by atoms with Crippen LogP contribution in [0.1, 0.15) is 16.9 Å². The molecule has 2 aromatic rings. The number of benzene rings is 1. The zero-order valence-electron chi connectivity index (χ0n) is 15.8. The first-order valence-corrected chi connectivity index (χ1v) is 10.6. The topological polar surface area (TPSA) is 83.6 Å². The number of pyridine rings is 1. The fourth-order valence-corrected chi connectivity index (χ4v) is 3.92. The Morgan fingerprint density at radius 1 is 1.10 bits per heavy atom. The standard InChI is InChI=1S/C20H22N4O3S2/c25-18(7-13-29-20(28)24-9-11-27-12-10-24)22-15-4-3-5-16(14-15)23-19(26)17-6-1-2-8-21-17/h1-6,8,14H,7,9-13H2,(H,22,25)(H,23,26). The summed E-state index contributed by atoms with van der Waals surface area (Å²) in [6, 6.07) is 12.2. The Balaban J connectivity index is 1.45. The number of hydrogen-bond acceptors (Lipinski definition) is 6. The van der Waals surface area contributed by atoms with Gasteiger partial charge in [0.15, 0.2) is 0 Å². The van der Waals surface area contributed by atoms with Crippen molar-refractivity contribution >= 4 is 51.5 Å². The first-order chi connectivity index (χ1) is 14.1. The molecule has 0 atom stereocenters. The predicted octanol–water partition coefficient (Wildman–Crippen LogP) is 3.01. The molecule has 2 N–H and O–H groups in total. The van der Waals surface area contributed by atoms with Gasteiger partial charge in [0.2, 0.25) is 5.91 Å². The van der Waals surface area contributed by atoms with Crippen LogP contribution in [0.15, 0.2) is 48.7 Å². The number of nitrogens with zero attached hydrogens (tertiary/aromatic N) is 2. The summed E-state index contributed by atoms with van der Waals surface area (Å²) in [5.74, 6) is 0.204. The van der Waals surface area contributed by atoms with Crippen molar-refractivity contribution in [3.8, 4) is 0 Å². The van der Waals surface area contributed by atoms with E-state index in [2.05, 4.69) is 20.5 Å². The van der Waals surface area contributed by atoms with Crippen LogP contribution in [0.5, 0.6) is 0 Å². The van der Waals surface area contributed by atoms with Crippen molar-refractivity contribution in [3.05, 3.63) is 54.4 Å². The molecule has 0 saturated carbocycles. The highest BCUT2D eigenvalue weighted by molar-refractivity contribution is 8.22. The van der Waals surface area contributed by atoms with Crippen molar-refractivity contribution in [2.75, 3.05) is 42.7 Å². The predicted molar refractivity (Wildman–Crippen MR) is 119 cm³/mol. The lowest BCUT2D eigenvalue weighted by molar-refractivity contribution is -0.115. The largest absolute Gasteiger partial charge is 0.378 e. The Hall–Kier alpha value is -2.49. The summed E-state index contributed by atoms with van der Waals surface area (Å²) in [6.45, 7) is 2.98. The van der Waals surface area contributed by atoms with Gasteiger partial charge in [-0.05, 0) is 30.3 Å². The van der Waals surface area contributed by atoms with E-state index in [1.165, 1.54) is 11.8 Å². The van der Waals surface area contributed by atoms with E-state index >= 15 is 0 Å². The zero-order valence-corrected chi connectivity index (χ0v) is 17.4. The normalized spacial score (nSPS) is 13.6. The third-order valence-corrected chi connectivity index (χ3v) is 5.65. The Morgan fingerprint density at radius 3 is 2.59 bits per heavy atom. The lowest BCUT2D eigenvalue weighted by atomic mass is 10.2. The number of thioether (sulfide) groups is 1. The lowest BCUT2D eigenvalue weighted by Gasteiger charge is -2.28. The lowest BCUT2D eigenvalue weighted by Crippen LogP contribution is -2.38. The van der Waals surface area contributed by atoms with Crippen molar-refractivity contribution < 1.29 is 14.3 Å². The maximum absolute atomic E-state index is 12.2. The molecule has 1 fully saturated rings. The van der Waals surface area contributed by atoms with Crippen LogP contribution in [0.3, 0.4) is 0 Å². The molecule has 0 spiro atoms. The molecule has 0 radical (unpaired) electrons. The first kappa shape index (κ1) is 21.2. The van der Waals surface area contributed by atoms with Crippen molar-refractivity contribution in [1.29, 1.82) is 0 Å². The van der Waals surface area contributed by atoms with Crippen LogP contribution < -0.4 is 10.6 Å². The molecule has 2 heterocycles. The number of amides is 2. The van der Waals surface area contributed by atoms with Gasteiger partial charge in [-0.15, -0.1) is 0 Å². The van der Waals surface area contributed by atoms with Crippen LogP contribution in [-0.4, -0.2) is 58.1 Å². The number of morpholine rings is 1. The summed E-state index contributed by atoms with van der Waals surface area (Å²) in [7, 11) is 0. The number of carbonyl (C=O) groups is 2. The third kappa shape index (κ3) is 6.81. The first-order valence-electron chi connectivity index (χ1n) is 9.23. The minimum Gasteiger partial charge on any atom is -0.378 e. The number of nitrogens with one attached hydrogen (secondary N) is 2. The molecule has 0 unspecified atom stereocenters. The number of anilines is 2. The molecule has 1 aromatic carbocycles. The molecular formula is C20H22N4O3S2. The van der Waals surface area contributed by atoms with Gasteiger partial charge >= 0.3 is 0 Å². The second-order valence-corrected chi connectivity index (χ2v) is 7.99. The van der Waals surface area contributed by atoms with Gasteiger partial charge in [0.05, 0.1) is 13.2 Å². The number of thiocarbonyl (C=S) groups is 1. The van der Waals surface area contributed by atoms with Crippen LogP contribution in [0.25, 0.3) is 0 Å². The van der Waals surface area contributed by atoms with E-state index in [-0.39, 0.29) is 11.8 Å². The van der Waals surface area contributed by atoms with Crippen molar-refractivity contribution in [2.24, 2.45) is 0 Å². The molecule has 7 nitrogen and oxygen atoms in total. The summed E-state index contributed by atoms with van der Waals surface area (Å²) in [5, 5.41) is 5.63. The van der Waals surface area contributed by atoms with Crippen LogP contribution in [-0.2, 0) is 9.53 Å². The molecule has 152 valence electrons. The monoisotopic (exact) mass is 430 g/mol. The second-order valence-electron chi connectivity index (χ2n) is 6.26. The highest BCUT2D eigenvalue weighted by Crippen LogP contribution is 2.17. The van der Waals surface area contributed by atoms with Gasteiger partial charge < -0.3 is 20.3 Å². The van der Waals surface area contributed by atoms with Gasteiger partial charge in [-0.3, -0.25) is 14.6 Å². The summed E-state index contributed by atoms with van der Waals surface area (Å²) in [5.41, 5.74) is 1.53. The third-order valence-electron chi connectivity index (χ3n) is 4.13. The Labute approximate surface area is 179 Å². The number of aromatic nitrogens is 1. The highest BCUT2D eigenvalue weighted by atomic mass is 32.2. The van der Waals surface area contributed by atoms with E-state index in [1.54, 1.807) is 48.7 Å². The molecule has 1 aromatic heterocycles. The second kappa shape index (κ2) is 10.9. The highest BCUT2D eigenvalue weighted by Gasteiger charge is 2.14. The van der Waals surface area contributed by atoms with Gasteiger partial charge in [-0.2, -0.15) is 0 Å². The van der Waals surface area contributed by atoms with E-state index in [4.69, 9.17) is 17.0 Å². The molecule has 0 bridgehead atoms. The van der Waals surface area contributed by atoms with Crippen LogP contribution >= 0.6 is 24.0 Å². The number of hydrogen-bond donors (Lipinski definition) is 2. The van der Waals surface area contributed by atoms with Crippen molar-refractivity contribution in [1.82, 2.24) is 9.88 Å². The van der Waals surface area contributed by atoms with E-state index in [9.17, 15) is 9.59 Å². The average Bonchev–Trinajstić information content (AvgIpc) is 2.75. The Kier molecular flexibility index (Phi) is 7.97. The van der Waals surface area contributed by atoms with Gasteiger partial charge in [0.25, 0.3) is 5.91 Å².